The van der Waals surface area contributed by atoms with E-state index in [1.165, 1.54) is 18.2 Å². The molecule has 1 aliphatic rings. The summed E-state index contributed by atoms with van der Waals surface area (Å²) >= 11 is 0. The number of aromatic nitrogens is 1. The molecule has 1 aliphatic heterocycles. The lowest BCUT2D eigenvalue weighted by Gasteiger charge is -2.38. The molecule has 2 unspecified atom stereocenters. The van der Waals surface area contributed by atoms with Crippen LogP contribution in [0.1, 0.15) is 13.3 Å². The summed E-state index contributed by atoms with van der Waals surface area (Å²) in [6.45, 7) is 2.74. The van der Waals surface area contributed by atoms with Gasteiger partial charge in [0.1, 0.15) is 23.1 Å². The van der Waals surface area contributed by atoms with Crippen molar-refractivity contribution in [1.82, 2.24) is 10.3 Å². The van der Waals surface area contributed by atoms with Crippen molar-refractivity contribution < 1.29 is 23.5 Å². The van der Waals surface area contributed by atoms with Crippen molar-refractivity contribution in [3.05, 3.63) is 84.8 Å². The molecule has 36 heavy (non-hydrogen) atoms. The van der Waals surface area contributed by atoms with Gasteiger partial charge in [-0.25, -0.2) is 9.37 Å². The number of primary amides is 1. The average Bonchev–Trinajstić information content (AvgIpc) is 2.86. The Balaban J connectivity index is 1.39. The average molecular weight is 491 g/mol. The molecular weight excluding hydrogens is 463 g/mol. The molecule has 9 heteroatoms. The summed E-state index contributed by atoms with van der Waals surface area (Å²) in [5.41, 5.74) is 6.37. The van der Waals surface area contributed by atoms with Crippen molar-refractivity contribution >= 4 is 17.5 Å². The van der Waals surface area contributed by atoms with Crippen LogP contribution in [0.25, 0.3) is 0 Å². The topological polar surface area (TPSA) is 107 Å². The summed E-state index contributed by atoms with van der Waals surface area (Å²) < 4.78 is 24.8. The Hall–Kier alpha value is -4.40. The Morgan fingerprint density at radius 2 is 1.81 bits per heavy atom. The van der Waals surface area contributed by atoms with E-state index >= 15 is 0 Å². The maximum atomic E-state index is 13.3. The monoisotopic (exact) mass is 490 g/mol. The van der Waals surface area contributed by atoms with Crippen molar-refractivity contribution in [1.29, 1.82) is 0 Å². The number of anilines is 1. The van der Waals surface area contributed by atoms with Gasteiger partial charge in [-0.05, 0) is 61.9 Å². The molecule has 8 nitrogen and oxygen atoms in total. The number of hydrogen-bond donors (Lipinski definition) is 2. The van der Waals surface area contributed by atoms with E-state index in [0.717, 1.165) is 5.69 Å². The molecule has 4 rings (SSSR count). The first-order valence-electron chi connectivity index (χ1n) is 11.5. The fourth-order valence-electron chi connectivity index (χ4n) is 4.00. The molecule has 0 spiro atoms. The number of piperidine rings is 1. The van der Waals surface area contributed by atoms with E-state index in [0.29, 0.717) is 42.6 Å². The van der Waals surface area contributed by atoms with Crippen molar-refractivity contribution in [3.8, 4) is 23.1 Å². The smallest absolute Gasteiger partial charge is 0.243 e. The molecule has 186 valence electrons. The van der Waals surface area contributed by atoms with Gasteiger partial charge in [0, 0.05) is 31.3 Å². The Morgan fingerprint density at radius 3 is 2.44 bits per heavy atom. The van der Waals surface area contributed by atoms with Gasteiger partial charge in [0.15, 0.2) is 0 Å². The van der Waals surface area contributed by atoms with E-state index in [1.54, 1.807) is 61.7 Å². The minimum atomic E-state index is -0.400. The van der Waals surface area contributed by atoms with E-state index < -0.39 is 11.8 Å². The first-order chi connectivity index (χ1) is 17.4. The summed E-state index contributed by atoms with van der Waals surface area (Å²) in [5, 5.41) is 2.92. The van der Waals surface area contributed by atoms with E-state index in [9.17, 15) is 14.0 Å². The summed E-state index contributed by atoms with van der Waals surface area (Å²) in [7, 11) is 0. The lowest BCUT2D eigenvalue weighted by molar-refractivity contribution is -0.123. The molecule has 0 saturated carbocycles. The number of allylic oxidation sites excluding steroid dienone is 1. The summed E-state index contributed by atoms with van der Waals surface area (Å²) in [4.78, 5) is 30.2. The first-order valence-corrected chi connectivity index (χ1v) is 11.5. The maximum Gasteiger partial charge on any atom is 0.243 e. The van der Waals surface area contributed by atoms with Crippen LogP contribution < -0.4 is 25.4 Å². The maximum absolute atomic E-state index is 13.3. The number of hydrogen-bond acceptors (Lipinski definition) is 6. The zero-order chi connectivity index (χ0) is 25.5. The van der Waals surface area contributed by atoms with Gasteiger partial charge in [0.25, 0.3) is 0 Å². The van der Waals surface area contributed by atoms with Crippen LogP contribution in [0.5, 0.6) is 23.1 Å². The minimum absolute atomic E-state index is 0.207. The van der Waals surface area contributed by atoms with Crippen LogP contribution in [0.2, 0.25) is 0 Å². The normalized spacial score (nSPS) is 17.6. The Kier molecular flexibility index (Phi) is 7.79. The van der Waals surface area contributed by atoms with Gasteiger partial charge in [0.2, 0.25) is 17.7 Å². The second-order valence-electron chi connectivity index (χ2n) is 8.43. The molecule has 2 heterocycles. The number of pyridine rings is 1. The molecular formula is C27H27FN4O4. The number of benzene rings is 2. The lowest BCUT2D eigenvalue weighted by Crippen LogP contribution is -2.53. The van der Waals surface area contributed by atoms with Gasteiger partial charge in [-0.1, -0.05) is 12.1 Å². The third-order valence-electron chi connectivity index (χ3n) is 5.68. The fourth-order valence-corrected chi connectivity index (χ4v) is 4.00. The van der Waals surface area contributed by atoms with E-state index in [-0.39, 0.29) is 17.8 Å². The molecule has 3 N–H and O–H groups in total. The van der Waals surface area contributed by atoms with E-state index in [1.807, 2.05) is 11.0 Å². The molecule has 2 aromatic carbocycles. The first kappa shape index (κ1) is 24.7. The number of amides is 2. The third kappa shape index (κ3) is 6.59. The second-order valence-corrected chi connectivity index (χ2v) is 8.43. The highest BCUT2D eigenvalue weighted by Crippen LogP contribution is 2.28. The predicted octanol–water partition coefficient (Wildman–Crippen LogP) is 4.18. The molecule has 2 amide bonds. The number of carbonyl (C=O) groups excluding carboxylic acids is 2. The van der Waals surface area contributed by atoms with E-state index in [2.05, 4.69) is 10.3 Å². The number of nitrogens with zero attached hydrogens (tertiary/aromatic N) is 2. The van der Waals surface area contributed by atoms with Crippen LogP contribution in [0.3, 0.4) is 0 Å². The molecule has 1 aromatic heterocycles. The molecule has 1 fully saturated rings. The molecule has 0 bridgehead atoms. The minimum Gasteiger partial charge on any atom is -0.457 e. The number of carbonyl (C=O) groups is 2. The Labute approximate surface area is 208 Å². The van der Waals surface area contributed by atoms with Crippen molar-refractivity contribution in [2.24, 2.45) is 11.7 Å². The number of nitrogens with one attached hydrogen (secondary N) is 1. The van der Waals surface area contributed by atoms with Crippen LogP contribution >= 0.6 is 0 Å². The van der Waals surface area contributed by atoms with Crippen molar-refractivity contribution in [2.45, 2.75) is 19.4 Å². The van der Waals surface area contributed by atoms with Crippen LogP contribution in [0, 0.1) is 11.7 Å². The van der Waals surface area contributed by atoms with Crippen molar-refractivity contribution in [2.75, 3.05) is 18.0 Å². The quantitative estimate of drug-likeness (QED) is 0.459. The van der Waals surface area contributed by atoms with Crippen LogP contribution in [0.15, 0.2) is 79.0 Å². The molecule has 0 radical (unpaired) electrons. The zero-order valence-electron chi connectivity index (χ0n) is 19.8. The van der Waals surface area contributed by atoms with Gasteiger partial charge < -0.3 is 25.4 Å². The predicted molar refractivity (Wildman–Crippen MR) is 133 cm³/mol. The summed E-state index contributed by atoms with van der Waals surface area (Å²) in [6.07, 6.45) is 5.26. The van der Waals surface area contributed by atoms with Gasteiger partial charge in [0.05, 0.1) is 17.8 Å². The Bertz CT molecular complexity index is 1230. The van der Waals surface area contributed by atoms with Crippen LogP contribution in [-0.2, 0) is 9.59 Å². The van der Waals surface area contributed by atoms with Crippen LogP contribution in [-0.4, -0.2) is 35.9 Å². The van der Waals surface area contributed by atoms with Gasteiger partial charge >= 0.3 is 0 Å². The molecule has 2 atom stereocenters. The Morgan fingerprint density at radius 1 is 1.06 bits per heavy atom. The highest BCUT2D eigenvalue weighted by molar-refractivity contribution is 5.87. The number of nitrogens with two attached hydrogens (primary N) is 1. The third-order valence-corrected chi connectivity index (χ3v) is 5.68. The summed E-state index contributed by atoms with van der Waals surface area (Å²) in [6, 6.07) is 16.2. The number of halogens is 1. The fraction of sp³-hybridized carbons (Fsp3) is 0.222. The highest BCUT2D eigenvalue weighted by atomic mass is 19.1. The highest BCUT2D eigenvalue weighted by Gasteiger charge is 2.31. The van der Waals surface area contributed by atoms with Crippen molar-refractivity contribution in [3.63, 3.8) is 0 Å². The zero-order valence-corrected chi connectivity index (χ0v) is 19.8. The summed E-state index contributed by atoms with van der Waals surface area (Å²) in [5.74, 6) is 0.524. The van der Waals surface area contributed by atoms with Gasteiger partial charge in [-0.3, -0.25) is 9.59 Å². The second kappa shape index (κ2) is 11.4. The van der Waals surface area contributed by atoms with Gasteiger partial charge in [-0.2, -0.15) is 0 Å². The van der Waals surface area contributed by atoms with Crippen LogP contribution in [0.4, 0.5) is 10.1 Å². The molecule has 3 aromatic rings. The molecule has 1 saturated heterocycles. The SMILES string of the molecule is C/C=C/C(=O)NC1CC(C(N)=O)CN(c2ccc(Oc3ccc(Oc4cccc(F)c4)cc3)nc2)C1. The standard InChI is InChI=1S/C27H27FN4O4/c1-2-4-25(33)31-20-13-18(27(29)34)16-32(17-20)21-7-12-26(30-15-21)36-23-10-8-22(9-11-23)35-24-6-3-5-19(28)14-24/h2-12,14-15,18,20H,13,16-17H2,1H3,(H2,29,34)(H,31,33)/b4-2+. The number of rotatable bonds is 8. The van der Waals surface area contributed by atoms with E-state index in [4.69, 9.17) is 15.2 Å². The largest absolute Gasteiger partial charge is 0.457 e. The molecule has 0 aliphatic carbocycles. The lowest BCUT2D eigenvalue weighted by atomic mass is 9.93. The van der Waals surface area contributed by atoms with Gasteiger partial charge in [-0.15, -0.1) is 0 Å². The number of ether oxygens (including phenoxy) is 2.